The third-order valence-electron chi connectivity index (χ3n) is 2.35. The zero-order chi connectivity index (χ0) is 9.54. The maximum absolute atomic E-state index is 11.6. The standard InChI is InChI=1S/C10H7N3O/c14-8-3-4-11-6-1-2-7-10(9(6)8)13-5-12-7/h1-4,13H,5H2. The molecule has 0 aromatic heterocycles. The number of ketones is 1. The van der Waals surface area contributed by atoms with Crippen molar-refractivity contribution >= 4 is 11.5 Å². The highest BCUT2D eigenvalue weighted by Crippen LogP contribution is 2.12. The summed E-state index contributed by atoms with van der Waals surface area (Å²) in [7, 11) is 0. The van der Waals surface area contributed by atoms with E-state index >= 15 is 0 Å². The van der Waals surface area contributed by atoms with Crippen LogP contribution in [0.25, 0.3) is 0 Å². The minimum Gasteiger partial charge on any atom is -0.364 e. The highest BCUT2D eigenvalue weighted by atomic mass is 16.1. The first-order chi connectivity index (χ1) is 6.86. The van der Waals surface area contributed by atoms with Crippen LogP contribution in [0.3, 0.4) is 0 Å². The van der Waals surface area contributed by atoms with E-state index in [0.717, 1.165) is 16.4 Å². The summed E-state index contributed by atoms with van der Waals surface area (Å²) >= 11 is 0. The SMILES string of the molecule is O=C1C=CN=c2ccc3c(c21)NCN=3. The molecule has 1 N–H and O–H groups in total. The topological polar surface area (TPSA) is 53.8 Å². The van der Waals surface area contributed by atoms with Gasteiger partial charge in [0.1, 0.15) is 6.67 Å². The third kappa shape index (κ3) is 0.849. The lowest BCUT2D eigenvalue weighted by Gasteiger charge is -2.05. The molecule has 14 heavy (non-hydrogen) atoms. The fraction of sp³-hybridized carbons (Fsp3) is 0.100. The van der Waals surface area contributed by atoms with Gasteiger partial charge in [-0.05, 0) is 12.1 Å². The van der Waals surface area contributed by atoms with Crippen LogP contribution in [0.2, 0.25) is 0 Å². The molecule has 0 unspecified atom stereocenters. The summed E-state index contributed by atoms with van der Waals surface area (Å²) < 4.78 is 0. The van der Waals surface area contributed by atoms with E-state index in [-0.39, 0.29) is 5.78 Å². The lowest BCUT2D eigenvalue weighted by molar-refractivity contribution is 0.104. The Morgan fingerprint density at radius 2 is 2.14 bits per heavy atom. The van der Waals surface area contributed by atoms with Crippen molar-refractivity contribution in [2.75, 3.05) is 12.0 Å². The molecule has 1 aromatic carbocycles. The van der Waals surface area contributed by atoms with Gasteiger partial charge in [-0.1, -0.05) is 0 Å². The van der Waals surface area contributed by atoms with Gasteiger partial charge >= 0.3 is 0 Å². The molecule has 1 aromatic rings. The first kappa shape index (κ1) is 7.44. The lowest BCUT2D eigenvalue weighted by Crippen LogP contribution is -2.22. The molecule has 2 heterocycles. The number of carbonyl (C=O) groups excluding carboxylic acids is 1. The molecule has 4 heteroatoms. The van der Waals surface area contributed by atoms with Crippen molar-refractivity contribution < 1.29 is 4.79 Å². The van der Waals surface area contributed by atoms with E-state index in [9.17, 15) is 4.79 Å². The highest BCUT2D eigenvalue weighted by molar-refractivity contribution is 6.08. The van der Waals surface area contributed by atoms with Gasteiger partial charge in [-0.2, -0.15) is 0 Å². The van der Waals surface area contributed by atoms with Crippen molar-refractivity contribution in [2.24, 2.45) is 9.98 Å². The van der Waals surface area contributed by atoms with Gasteiger partial charge in [-0.25, -0.2) is 0 Å². The molecule has 0 spiro atoms. The summed E-state index contributed by atoms with van der Waals surface area (Å²) in [4.78, 5) is 20.0. The molecule has 0 saturated heterocycles. The van der Waals surface area contributed by atoms with Gasteiger partial charge in [-0.3, -0.25) is 14.8 Å². The molecule has 0 fully saturated rings. The van der Waals surface area contributed by atoms with E-state index < -0.39 is 0 Å². The number of hydrogen-bond acceptors (Lipinski definition) is 4. The summed E-state index contributed by atoms with van der Waals surface area (Å²) in [6, 6.07) is 3.70. The number of fused-ring (bicyclic) bond motifs is 3. The van der Waals surface area contributed by atoms with E-state index in [2.05, 4.69) is 15.3 Å². The van der Waals surface area contributed by atoms with E-state index in [1.807, 2.05) is 12.1 Å². The number of carbonyl (C=O) groups is 1. The molecule has 0 amide bonds. The predicted octanol–water partition coefficient (Wildman–Crippen LogP) is 0.0188. The second-order valence-corrected chi connectivity index (χ2v) is 3.16. The maximum Gasteiger partial charge on any atom is 0.191 e. The molecule has 0 atom stereocenters. The van der Waals surface area contributed by atoms with Crippen LogP contribution in [0.15, 0.2) is 34.4 Å². The first-order valence-corrected chi connectivity index (χ1v) is 4.36. The number of allylic oxidation sites excluding steroid dienone is 1. The number of hydrogen-bond donors (Lipinski definition) is 1. The first-order valence-electron chi connectivity index (χ1n) is 4.36. The van der Waals surface area contributed by atoms with Gasteiger partial charge in [-0.15, -0.1) is 0 Å². The highest BCUT2D eigenvalue weighted by Gasteiger charge is 2.17. The van der Waals surface area contributed by atoms with E-state index in [1.165, 1.54) is 12.3 Å². The van der Waals surface area contributed by atoms with Crippen LogP contribution in [0.4, 0.5) is 5.69 Å². The van der Waals surface area contributed by atoms with Crippen molar-refractivity contribution in [3.63, 3.8) is 0 Å². The Labute approximate surface area is 79.7 Å². The summed E-state index contributed by atoms with van der Waals surface area (Å²) in [6.45, 7) is 0.544. The van der Waals surface area contributed by atoms with Crippen LogP contribution >= 0.6 is 0 Å². The van der Waals surface area contributed by atoms with Gasteiger partial charge in [0, 0.05) is 12.3 Å². The Bertz CT molecular complexity index is 572. The quantitative estimate of drug-likeness (QED) is 0.619. The number of anilines is 1. The zero-order valence-electron chi connectivity index (χ0n) is 7.32. The van der Waals surface area contributed by atoms with Crippen LogP contribution in [0.1, 0.15) is 10.4 Å². The summed E-state index contributed by atoms with van der Waals surface area (Å²) in [6.07, 6.45) is 3.01. The Hall–Kier alpha value is -1.97. The number of nitrogens with zero attached hydrogens (tertiary/aromatic N) is 2. The molecule has 0 bridgehead atoms. The molecule has 0 saturated carbocycles. The number of benzene rings is 1. The maximum atomic E-state index is 11.6. The summed E-state index contributed by atoms with van der Waals surface area (Å²) in [5.41, 5.74) is 1.46. The molecular weight excluding hydrogens is 178 g/mol. The Morgan fingerprint density at radius 1 is 1.29 bits per heavy atom. The van der Waals surface area contributed by atoms with Crippen molar-refractivity contribution in [1.82, 2.24) is 0 Å². The molecule has 0 radical (unpaired) electrons. The minimum absolute atomic E-state index is 0.00329. The number of rotatable bonds is 0. The largest absolute Gasteiger partial charge is 0.364 e. The second-order valence-electron chi connectivity index (χ2n) is 3.16. The van der Waals surface area contributed by atoms with E-state index in [4.69, 9.17) is 0 Å². The van der Waals surface area contributed by atoms with Gasteiger partial charge in [0.2, 0.25) is 0 Å². The fourth-order valence-electron chi connectivity index (χ4n) is 1.72. The monoisotopic (exact) mass is 185 g/mol. The van der Waals surface area contributed by atoms with Gasteiger partial charge in [0.05, 0.1) is 22.0 Å². The fourth-order valence-corrected chi connectivity index (χ4v) is 1.72. The van der Waals surface area contributed by atoms with Gasteiger partial charge in [0.25, 0.3) is 0 Å². The average Bonchev–Trinajstić information content (AvgIpc) is 2.65. The second kappa shape index (κ2) is 2.51. The zero-order valence-corrected chi connectivity index (χ0v) is 7.32. The predicted molar refractivity (Wildman–Crippen MR) is 50.7 cm³/mol. The Balaban J connectivity index is 2.47. The van der Waals surface area contributed by atoms with E-state index in [1.54, 1.807) is 0 Å². The van der Waals surface area contributed by atoms with Crippen molar-refractivity contribution in [3.05, 3.63) is 40.7 Å². The van der Waals surface area contributed by atoms with Gasteiger partial charge in [0.15, 0.2) is 5.78 Å². The Kier molecular flexibility index (Phi) is 1.33. The van der Waals surface area contributed by atoms with Crippen molar-refractivity contribution in [1.29, 1.82) is 0 Å². The molecule has 2 aliphatic rings. The smallest absolute Gasteiger partial charge is 0.191 e. The molecule has 2 aliphatic heterocycles. The van der Waals surface area contributed by atoms with Crippen molar-refractivity contribution in [2.45, 2.75) is 0 Å². The third-order valence-corrected chi connectivity index (χ3v) is 2.35. The van der Waals surface area contributed by atoms with E-state index in [0.29, 0.717) is 12.2 Å². The van der Waals surface area contributed by atoms with Crippen LogP contribution in [-0.4, -0.2) is 12.5 Å². The van der Waals surface area contributed by atoms with Crippen LogP contribution < -0.4 is 16.0 Å². The lowest BCUT2D eigenvalue weighted by atomic mass is 10.1. The molecule has 68 valence electrons. The van der Waals surface area contributed by atoms with Crippen LogP contribution in [-0.2, 0) is 0 Å². The van der Waals surface area contributed by atoms with Crippen LogP contribution in [0, 0.1) is 0 Å². The summed E-state index contributed by atoms with van der Waals surface area (Å²) in [5.74, 6) is -0.00329. The van der Waals surface area contributed by atoms with Crippen molar-refractivity contribution in [3.8, 4) is 0 Å². The van der Waals surface area contributed by atoms with Gasteiger partial charge < -0.3 is 5.32 Å². The minimum atomic E-state index is -0.00329. The molecule has 0 aliphatic carbocycles. The van der Waals surface area contributed by atoms with Crippen LogP contribution in [0.5, 0.6) is 0 Å². The summed E-state index contributed by atoms with van der Waals surface area (Å²) in [5, 5.41) is 4.65. The Morgan fingerprint density at radius 3 is 3.07 bits per heavy atom. The average molecular weight is 185 g/mol. The number of nitrogens with one attached hydrogen (secondary N) is 1. The molecule has 3 rings (SSSR count). The molecular formula is C10H7N3O. The normalized spacial score (nSPS) is 16.4. The molecule has 4 nitrogen and oxygen atoms in total.